The zero-order valence-electron chi connectivity index (χ0n) is 12.9. The molecule has 4 heteroatoms. The summed E-state index contributed by atoms with van der Waals surface area (Å²) in [7, 11) is 0. The molecule has 0 heterocycles. The van der Waals surface area contributed by atoms with Crippen LogP contribution in [0.15, 0.2) is 18.2 Å². The van der Waals surface area contributed by atoms with Gasteiger partial charge in [0.15, 0.2) is 11.5 Å². The van der Waals surface area contributed by atoms with Crippen molar-refractivity contribution in [1.29, 1.82) is 0 Å². The Kier molecular flexibility index (Phi) is 6.83. The SMILES string of the molecule is CCOc1cc(CNC2CCCCC2)ccc1OCCO. The topological polar surface area (TPSA) is 50.7 Å². The Labute approximate surface area is 127 Å². The van der Waals surface area contributed by atoms with Gasteiger partial charge in [-0.15, -0.1) is 0 Å². The predicted octanol–water partition coefficient (Wildman–Crippen LogP) is 2.88. The lowest BCUT2D eigenvalue weighted by molar-refractivity contribution is 0.194. The molecule has 1 fully saturated rings. The summed E-state index contributed by atoms with van der Waals surface area (Å²) in [5.41, 5.74) is 1.21. The number of aliphatic hydroxyl groups excluding tert-OH is 1. The summed E-state index contributed by atoms with van der Waals surface area (Å²) in [5.74, 6) is 1.46. The highest BCUT2D eigenvalue weighted by Gasteiger charge is 2.13. The number of ether oxygens (including phenoxy) is 2. The lowest BCUT2D eigenvalue weighted by Gasteiger charge is -2.23. The van der Waals surface area contributed by atoms with E-state index in [9.17, 15) is 0 Å². The molecular formula is C17H27NO3. The second-order valence-corrected chi connectivity index (χ2v) is 5.50. The third-order valence-corrected chi connectivity index (χ3v) is 3.86. The molecule has 0 aliphatic heterocycles. The molecule has 0 amide bonds. The van der Waals surface area contributed by atoms with Gasteiger partial charge in [0.1, 0.15) is 6.61 Å². The normalized spacial score (nSPS) is 15.9. The molecule has 1 aromatic rings. The van der Waals surface area contributed by atoms with Crippen molar-refractivity contribution in [3.8, 4) is 11.5 Å². The first kappa shape index (κ1) is 16.1. The Morgan fingerprint density at radius 2 is 1.95 bits per heavy atom. The van der Waals surface area contributed by atoms with E-state index in [-0.39, 0.29) is 6.61 Å². The van der Waals surface area contributed by atoms with Crippen molar-refractivity contribution in [1.82, 2.24) is 5.32 Å². The van der Waals surface area contributed by atoms with E-state index in [4.69, 9.17) is 14.6 Å². The van der Waals surface area contributed by atoms with Gasteiger partial charge in [0, 0.05) is 12.6 Å². The Morgan fingerprint density at radius 3 is 2.67 bits per heavy atom. The maximum atomic E-state index is 8.86. The van der Waals surface area contributed by atoms with E-state index in [1.54, 1.807) is 0 Å². The lowest BCUT2D eigenvalue weighted by atomic mass is 9.95. The Bertz CT molecular complexity index is 416. The number of benzene rings is 1. The van der Waals surface area contributed by atoms with Crippen LogP contribution in [0.1, 0.15) is 44.6 Å². The van der Waals surface area contributed by atoms with Crippen LogP contribution in [0.5, 0.6) is 11.5 Å². The maximum absolute atomic E-state index is 8.86. The molecule has 0 bridgehead atoms. The molecule has 118 valence electrons. The minimum atomic E-state index is 0.0105. The summed E-state index contributed by atoms with van der Waals surface area (Å²) in [5, 5.41) is 12.5. The molecule has 0 atom stereocenters. The van der Waals surface area contributed by atoms with Crippen molar-refractivity contribution in [2.75, 3.05) is 19.8 Å². The Morgan fingerprint density at radius 1 is 1.14 bits per heavy atom. The Balaban J connectivity index is 1.93. The smallest absolute Gasteiger partial charge is 0.161 e. The highest BCUT2D eigenvalue weighted by atomic mass is 16.5. The molecule has 0 saturated heterocycles. The van der Waals surface area contributed by atoms with Crippen molar-refractivity contribution < 1.29 is 14.6 Å². The van der Waals surface area contributed by atoms with Gasteiger partial charge in [0.25, 0.3) is 0 Å². The van der Waals surface area contributed by atoms with E-state index in [2.05, 4.69) is 11.4 Å². The van der Waals surface area contributed by atoms with Gasteiger partial charge in [-0.25, -0.2) is 0 Å². The second kappa shape index (κ2) is 8.90. The lowest BCUT2D eigenvalue weighted by Crippen LogP contribution is -2.30. The maximum Gasteiger partial charge on any atom is 0.161 e. The van der Waals surface area contributed by atoms with Crippen LogP contribution in [0.4, 0.5) is 0 Å². The molecule has 4 nitrogen and oxygen atoms in total. The van der Waals surface area contributed by atoms with Crippen molar-refractivity contribution in [3.05, 3.63) is 23.8 Å². The molecule has 1 aliphatic carbocycles. The Hall–Kier alpha value is -1.26. The van der Waals surface area contributed by atoms with E-state index in [1.807, 2.05) is 19.1 Å². The average molecular weight is 293 g/mol. The van der Waals surface area contributed by atoms with Gasteiger partial charge in [-0.3, -0.25) is 0 Å². The van der Waals surface area contributed by atoms with Gasteiger partial charge in [-0.2, -0.15) is 0 Å². The molecule has 0 radical (unpaired) electrons. The summed E-state index contributed by atoms with van der Waals surface area (Å²) in [4.78, 5) is 0. The van der Waals surface area contributed by atoms with E-state index in [0.29, 0.717) is 25.0 Å². The van der Waals surface area contributed by atoms with Crippen molar-refractivity contribution >= 4 is 0 Å². The fourth-order valence-corrected chi connectivity index (χ4v) is 2.77. The first-order valence-electron chi connectivity index (χ1n) is 8.06. The van der Waals surface area contributed by atoms with E-state index in [0.717, 1.165) is 12.3 Å². The van der Waals surface area contributed by atoms with Gasteiger partial charge >= 0.3 is 0 Å². The van der Waals surface area contributed by atoms with Crippen LogP contribution < -0.4 is 14.8 Å². The number of rotatable bonds is 8. The van der Waals surface area contributed by atoms with Crippen LogP contribution >= 0.6 is 0 Å². The minimum Gasteiger partial charge on any atom is -0.490 e. The van der Waals surface area contributed by atoms with Crippen molar-refractivity contribution in [3.63, 3.8) is 0 Å². The molecule has 2 N–H and O–H groups in total. The standard InChI is InChI=1S/C17H27NO3/c1-2-20-17-12-14(8-9-16(17)21-11-10-19)13-18-15-6-4-3-5-7-15/h8-9,12,15,18-19H,2-7,10-11,13H2,1H3. The average Bonchev–Trinajstić information content (AvgIpc) is 2.53. The van der Waals surface area contributed by atoms with Crippen LogP contribution in [0, 0.1) is 0 Å². The second-order valence-electron chi connectivity index (χ2n) is 5.50. The highest BCUT2D eigenvalue weighted by molar-refractivity contribution is 5.43. The van der Waals surface area contributed by atoms with Gasteiger partial charge < -0.3 is 19.9 Å². The third-order valence-electron chi connectivity index (χ3n) is 3.86. The van der Waals surface area contributed by atoms with Crippen LogP contribution in [0.2, 0.25) is 0 Å². The molecular weight excluding hydrogens is 266 g/mol. The molecule has 0 unspecified atom stereocenters. The van der Waals surface area contributed by atoms with E-state index in [1.165, 1.54) is 37.7 Å². The van der Waals surface area contributed by atoms with E-state index >= 15 is 0 Å². The fourth-order valence-electron chi connectivity index (χ4n) is 2.77. The largest absolute Gasteiger partial charge is 0.490 e. The van der Waals surface area contributed by atoms with Crippen LogP contribution in [0.25, 0.3) is 0 Å². The van der Waals surface area contributed by atoms with Crippen LogP contribution in [0.3, 0.4) is 0 Å². The zero-order valence-corrected chi connectivity index (χ0v) is 12.9. The van der Waals surface area contributed by atoms with E-state index < -0.39 is 0 Å². The summed E-state index contributed by atoms with van der Waals surface area (Å²) in [6.45, 7) is 3.74. The molecule has 0 aromatic heterocycles. The number of hydrogen-bond donors (Lipinski definition) is 2. The third kappa shape index (κ3) is 5.21. The predicted molar refractivity (Wildman–Crippen MR) is 83.9 cm³/mol. The summed E-state index contributed by atoms with van der Waals surface area (Å²) >= 11 is 0. The number of aliphatic hydroxyl groups is 1. The molecule has 2 rings (SSSR count). The summed E-state index contributed by atoms with van der Waals surface area (Å²) in [6.07, 6.45) is 6.64. The number of nitrogens with one attached hydrogen (secondary N) is 1. The van der Waals surface area contributed by atoms with Crippen molar-refractivity contribution in [2.24, 2.45) is 0 Å². The van der Waals surface area contributed by atoms with Crippen LogP contribution in [-0.4, -0.2) is 31.0 Å². The fraction of sp³-hybridized carbons (Fsp3) is 0.647. The minimum absolute atomic E-state index is 0.0105. The quantitative estimate of drug-likeness (QED) is 0.774. The first-order chi connectivity index (χ1) is 10.3. The monoisotopic (exact) mass is 293 g/mol. The zero-order chi connectivity index (χ0) is 14.9. The first-order valence-corrected chi connectivity index (χ1v) is 8.06. The van der Waals surface area contributed by atoms with Gasteiger partial charge in [0.05, 0.1) is 13.2 Å². The molecule has 1 aromatic carbocycles. The molecule has 1 saturated carbocycles. The molecule has 21 heavy (non-hydrogen) atoms. The summed E-state index contributed by atoms with van der Waals surface area (Å²) < 4.78 is 11.1. The number of hydrogen-bond acceptors (Lipinski definition) is 4. The van der Waals surface area contributed by atoms with Gasteiger partial charge in [0.2, 0.25) is 0 Å². The summed E-state index contributed by atoms with van der Waals surface area (Å²) in [6, 6.07) is 6.68. The highest BCUT2D eigenvalue weighted by Crippen LogP contribution is 2.28. The van der Waals surface area contributed by atoms with Gasteiger partial charge in [-0.1, -0.05) is 25.3 Å². The molecule has 0 spiro atoms. The van der Waals surface area contributed by atoms with Crippen LogP contribution in [-0.2, 0) is 6.54 Å². The van der Waals surface area contributed by atoms with Gasteiger partial charge in [-0.05, 0) is 37.5 Å². The van der Waals surface area contributed by atoms with Crippen molar-refractivity contribution in [2.45, 2.75) is 51.6 Å². The molecule has 1 aliphatic rings.